The van der Waals surface area contributed by atoms with Crippen molar-refractivity contribution in [2.75, 3.05) is 18.8 Å². The Labute approximate surface area is 111 Å². The summed E-state index contributed by atoms with van der Waals surface area (Å²) in [6.45, 7) is 5.96. The van der Waals surface area contributed by atoms with E-state index in [2.05, 4.69) is 5.10 Å². The topological polar surface area (TPSA) is 76.5 Å². The molecule has 0 bridgehead atoms. The zero-order valence-corrected chi connectivity index (χ0v) is 11.5. The highest BCUT2D eigenvalue weighted by Crippen LogP contribution is 2.27. The second-order valence-corrected chi connectivity index (χ2v) is 5.85. The van der Waals surface area contributed by atoms with Crippen LogP contribution in [0.4, 0.5) is 10.1 Å². The van der Waals surface area contributed by atoms with E-state index in [1.165, 1.54) is 10.9 Å². The first-order chi connectivity index (χ1) is 8.76. The Morgan fingerprint density at radius 1 is 1.53 bits per heavy atom. The lowest BCUT2D eigenvalue weighted by molar-refractivity contribution is -0.235. The van der Waals surface area contributed by atoms with Gasteiger partial charge in [-0.05, 0) is 20.8 Å². The van der Waals surface area contributed by atoms with E-state index >= 15 is 0 Å². The monoisotopic (exact) mass is 272 g/mol. The summed E-state index contributed by atoms with van der Waals surface area (Å²) in [5, 5.41) is 14.0. The number of likely N-dealkylation sites (tertiary alicyclic amines) is 1. The van der Waals surface area contributed by atoms with Crippen molar-refractivity contribution in [2.45, 2.75) is 45.0 Å². The third-order valence-corrected chi connectivity index (χ3v) is 2.98. The zero-order valence-electron chi connectivity index (χ0n) is 11.5. The van der Waals surface area contributed by atoms with Gasteiger partial charge >= 0.3 is 0 Å². The van der Waals surface area contributed by atoms with Crippen LogP contribution in [0.2, 0.25) is 0 Å². The summed E-state index contributed by atoms with van der Waals surface area (Å²) in [6.07, 6.45) is 0.851. The maximum absolute atomic E-state index is 14.0. The van der Waals surface area contributed by atoms with Gasteiger partial charge in [-0.25, -0.2) is 4.39 Å². The van der Waals surface area contributed by atoms with E-state index in [-0.39, 0.29) is 6.54 Å². The Kier molecular flexibility index (Phi) is 3.80. The van der Waals surface area contributed by atoms with Crippen LogP contribution >= 0.6 is 0 Å². The lowest BCUT2D eigenvalue weighted by Crippen LogP contribution is -2.40. The van der Waals surface area contributed by atoms with E-state index < -0.39 is 24.2 Å². The molecule has 1 aliphatic rings. The first-order valence-electron chi connectivity index (χ1n) is 6.30. The van der Waals surface area contributed by atoms with Crippen molar-refractivity contribution < 1.29 is 14.2 Å². The number of hydrogen-bond donors (Lipinski definition) is 2. The highest BCUT2D eigenvalue weighted by molar-refractivity contribution is 5.30. The third-order valence-electron chi connectivity index (χ3n) is 2.98. The van der Waals surface area contributed by atoms with Crippen LogP contribution in [0.3, 0.4) is 0 Å². The van der Waals surface area contributed by atoms with Crippen LogP contribution in [0, 0.1) is 0 Å². The van der Waals surface area contributed by atoms with Gasteiger partial charge in [0.1, 0.15) is 6.17 Å². The Bertz CT molecular complexity index is 432. The van der Waals surface area contributed by atoms with Gasteiger partial charge < -0.3 is 15.6 Å². The van der Waals surface area contributed by atoms with Gasteiger partial charge in [0.25, 0.3) is 0 Å². The molecular formula is C12H21FN4O2. The maximum atomic E-state index is 14.0. The average Bonchev–Trinajstić information content (AvgIpc) is 2.82. The smallest absolute Gasteiger partial charge is 0.216 e. The predicted molar refractivity (Wildman–Crippen MR) is 69.0 cm³/mol. The van der Waals surface area contributed by atoms with Crippen molar-refractivity contribution in [2.24, 2.45) is 0 Å². The Balaban J connectivity index is 2.01. The van der Waals surface area contributed by atoms with Crippen LogP contribution in [0.15, 0.2) is 12.4 Å². The first kappa shape index (κ1) is 14.2. The fourth-order valence-corrected chi connectivity index (χ4v) is 2.13. The van der Waals surface area contributed by atoms with Crippen molar-refractivity contribution in [3.63, 3.8) is 0 Å². The van der Waals surface area contributed by atoms with Gasteiger partial charge in [0.15, 0.2) is 0 Å². The van der Waals surface area contributed by atoms with Crippen LogP contribution in [-0.4, -0.2) is 51.1 Å². The molecule has 1 unspecified atom stereocenters. The summed E-state index contributed by atoms with van der Waals surface area (Å²) in [5.41, 5.74) is 5.59. The van der Waals surface area contributed by atoms with E-state index in [4.69, 9.17) is 10.5 Å². The van der Waals surface area contributed by atoms with E-state index in [0.29, 0.717) is 12.2 Å². The van der Waals surface area contributed by atoms with Crippen LogP contribution in [0.25, 0.3) is 0 Å². The molecule has 108 valence electrons. The van der Waals surface area contributed by atoms with Gasteiger partial charge in [-0.15, -0.1) is 0 Å². The molecule has 0 aliphatic carbocycles. The molecule has 0 radical (unpaired) electrons. The number of aliphatic hydroxyl groups excluding tert-OH is 1. The lowest BCUT2D eigenvalue weighted by Gasteiger charge is -2.29. The molecule has 6 nitrogen and oxygen atoms in total. The second-order valence-electron chi connectivity index (χ2n) is 5.85. The van der Waals surface area contributed by atoms with Crippen molar-refractivity contribution in [1.29, 1.82) is 0 Å². The van der Waals surface area contributed by atoms with Gasteiger partial charge in [0.2, 0.25) is 6.41 Å². The fourth-order valence-electron chi connectivity index (χ4n) is 2.13. The van der Waals surface area contributed by atoms with Crippen LogP contribution < -0.4 is 5.73 Å². The summed E-state index contributed by atoms with van der Waals surface area (Å²) in [5.74, 6) is 0. The molecule has 1 fully saturated rings. The number of nitrogen functional groups attached to an aromatic ring is 1. The van der Waals surface area contributed by atoms with E-state index in [0.717, 1.165) is 0 Å². The molecule has 2 rings (SSSR count). The third kappa shape index (κ3) is 3.43. The van der Waals surface area contributed by atoms with Gasteiger partial charge in [0.05, 0.1) is 23.5 Å². The summed E-state index contributed by atoms with van der Waals surface area (Å²) < 4.78 is 20.9. The van der Waals surface area contributed by atoms with Gasteiger partial charge in [0, 0.05) is 19.3 Å². The Morgan fingerprint density at radius 3 is 2.74 bits per heavy atom. The maximum Gasteiger partial charge on any atom is 0.216 e. The molecule has 0 saturated carbocycles. The van der Waals surface area contributed by atoms with Crippen molar-refractivity contribution in [1.82, 2.24) is 14.7 Å². The zero-order chi connectivity index (χ0) is 14.2. The number of ether oxygens (including phenoxy) is 1. The van der Waals surface area contributed by atoms with Crippen LogP contribution in [-0.2, 0) is 4.74 Å². The second kappa shape index (κ2) is 5.07. The minimum Gasteiger partial charge on any atom is -0.396 e. The standard InChI is InChI=1S/C12H21FN4O2/c1-12(2,3)19-11(18)16-6-9(13)10(7-16)17-5-8(14)4-15-17/h4-5,9-11,18H,6-7,14H2,1-3H3/t9-,10+,11?/m0/s1. The molecule has 7 heteroatoms. The van der Waals surface area contributed by atoms with Gasteiger partial charge in [-0.2, -0.15) is 5.10 Å². The highest BCUT2D eigenvalue weighted by Gasteiger charge is 2.38. The molecule has 3 N–H and O–H groups in total. The average molecular weight is 272 g/mol. The predicted octanol–water partition coefficient (Wildman–Crippen LogP) is 0.751. The summed E-state index contributed by atoms with van der Waals surface area (Å²) in [7, 11) is 0. The van der Waals surface area contributed by atoms with Crippen LogP contribution in [0.1, 0.15) is 26.8 Å². The molecular weight excluding hydrogens is 251 g/mol. The lowest BCUT2D eigenvalue weighted by atomic mass is 10.2. The quantitative estimate of drug-likeness (QED) is 0.794. The van der Waals surface area contributed by atoms with E-state index in [1.54, 1.807) is 11.1 Å². The van der Waals surface area contributed by atoms with E-state index in [1.807, 2.05) is 20.8 Å². The molecule has 1 aromatic heterocycles. The molecule has 0 aromatic carbocycles. The number of hydrogen-bond acceptors (Lipinski definition) is 5. The SMILES string of the molecule is CC(C)(C)OC(O)N1C[C@@H](n2cc(N)cn2)[C@@H](F)C1. The number of anilines is 1. The minimum atomic E-state index is -1.11. The first-order valence-corrected chi connectivity index (χ1v) is 6.30. The number of nitrogens with two attached hydrogens (primary N) is 1. The minimum absolute atomic E-state index is 0.113. The number of aliphatic hydroxyl groups is 1. The number of nitrogens with zero attached hydrogens (tertiary/aromatic N) is 3. The number of alkyl halides is 1. The molecule has 1 aliphatic heterocycles. The molecule has 19 heavy (non-hydrogen) atoms. The Morgan fingerprint density at radius 2 is 2.21 bits per heavy atom. The largest absolute Gasteiger partial charge is 0.396 e. The number of rotatable bonds is 3. The molecule has 0 amide bonds. The van der Waals surface area contributed by atoms with E-state index in [9.17, 15) is 9.50 Å². The van der Waals surface area contributed by atoms with Gasteiger partial charge in [-0.1, -0.05) is 0 Å². The van der Waals surface area contributed by atoms with Gasteiger partial charge in [-0.3, -0.25) is 9.58 Å². The molecule has 1 aromatic rings. The highest BCUT2D eigenvalue weighted by atomic mass is 19.1. The van der Waals surface area contributed by atoms with Crippen LogP contribution in [0.5, 0.6) is 0 Å². The number of aromatic nitrogens is 2. The fraction of sp³-hybridized carbons (Fsp3) is 0.750. The summed E-state index contributed by atoms with van der Waals surface area (Å²) >= 11 is 0. The molecule has 2 heterocycles. The number of halogens is 1. The molecule has 1 saturated heterocycles. The molecule has 3 atom stereocenters. The Hall–Kier alpha value is -1.18. The normalized spacial score (nSPS) is 26.8. The summed E-state index contributed by atoms with van der Waals surface area (Å²) in [4.78, 5) is 1.55. The summed E-state index contributed by atoms with van der Waals surface area (Å²) in [6, 6.07) is -0.449. The van der Waals surface area contributed by atoms with Crippen molar-refractivity contribution >= 4 is 5.69 Å². The van der Waals surface area contributed by atoms with Crippen molar-refractivity contribution in [3.8, 4) is 0 Å². The van der Waals surface area contributed by atoms with Crippen molar-refractivity contribution in [3.05, 3.63) is 12.4 Å². The molecule has 0 spiro atoms.